The van der Waals surface area contributed by atoms with Crippen LogP contribution in [0.25, 0.3) is 22.3 Å². The minimum absolute atomic E-state index is 0.00828. The van der Waals surface area contributed by atoms with Crippen molar-refractivity contribution in [3.63, 3.8) is 0 Å². The highest BCUT2D eigenvalue weighted by Gasteiger charge is 2.44. The molecule has 0 spiro atoms. The Bertz CT molecular complexity index is 3740. The van der Waals surface area contributed by atoms with Gasteiger partial charge in [-0.1, -0.05) is 69.3 Å². The lowest BCUT2D eigenvalue weighted by Gasteiger charge is -2.38. The molecule has 8 aromatic rings. The summed E-state index contributed by atoms with van der Waals surface area (Å²) in [5.74, 6) is -2.73. The Balaban J connectivity index is 0.000000179. The van der Waals surface area contributed by atoms with E-state index in [9.17, 15) is 33.1 Å². The number of hydrogen-bond donors (Lipinski definition) is 5. The summed E-state index contributed by atoms with van der Waals surface area (Å²) in [5.41, 5.74) is 8.99. The van der Waals surface area contributed by atoms with Gasteiger partial charge < -0.3 is 39.8 Å². The van der Waals surface area contributed by atoms with Crippen LogP contribution in [0.15, 0.2) is 144 Å². The Morgan fingerprint density at radius 3 is 1.46 bits per heavy atom. The zero-order valence-electron chi connectivity index (χ0n) is 47.8. The molecule has 85 heavy (non-hydrogen) atoms. The summed E-state index contributed by atoms with van der Waals surface area (Å²) in [5, 5.41) is 26.9. The Kier molecular flexibility index (Phi) is 17.0. The zero-order chi connectivity index (χ0) is 59.6. The Labute approximate surface area is 501 Å². The number of carbonyl (C=O) groups is 4. The van der Waals surface area contributed by atoms with Crippen molar-refractivity contribution in [3.05, 3.63) is 189 Å². The molecule has 2 aromatic heterocycles. The average Bonchev–Trinajstić information content (AvgIpc) is 4.27. The third-order valence-electron chi connectivity index (χ3n) is 16.4. The largest absolute Gasteiger partial charge is 0.543 e. The maximum Gasteiger partial charge on any atom is 0.255 e. The van der Waals surface area contributed by atoms with Crippen LogP contribution in [0, 0.1) is 11.6 Å². The fourth-order valence-electron chi connectivity index (χ4n) is 10.8. The van der Waals surface area contributed by atoms with Crippen molar-refractivity contribution in [1.82, 2.24) is 30.4 Å². The van der Waals surface area contributed by atoms with Gasteiger partial charge in [0.15, 0.2) is 10.3 Å². The van der Waals surface area contributed by atoms with Crippen molar-refractivity contribution < 1.29 is 37.5 Å². The molecule has 4 aliphatic heterocycles. The number of carbonyl (C=O) groups excluding carboxylic acids is 4. The first-order valence-electron chi connectivity index (χ1n) is 28.3. The van der Waals surface area contributed by atoms with Gasteiger partial charge in [-0.15, -0.1) is 22.7 Å². The van der Waals surface area contributed by atoms with Gasteiger partial charge in [-0.25, -0.2) is 18.7 Å². The van der Waals surface area contributed by atoms with Crippen LogP contribution in [-0.4, -0.2) is 109 Å². The average molecular weight is 1200 g/mol. The smallest absolute Gasteiger partial charge is 0.255 e. The molecule has 2 saturated heterocycles. The molecule has 0 bridgehead atoms. The molecule has 2 atom stereocenters. The van der Waals surface area contributed by atoms with Crippen LogP contribution in [0.3, 0.4) is 0 Å². The van der Waals surface area contributed by atoms with Gasteiger partial charge in [0.2, 0.25) is 8.32 Å². The SMILES string of the molecule is CC(C)(C)[Si](C)(C)Oc1ccc(F)cc1C(C(=O)Nc1nccs1)N1Cc2ccc(-c3ccc(N4CCNCC4)cc3)cc2C1=O.O=C(Nc1nccs1)C(c1cc(F)ccc1O)N1Cc2ccc(-c3ccc(N4CCNCC4)cc3)cc2C1=O. The number of fused-ring (bicyclic) bond motifs is 2. The van der Waals surface area contributed by atoms with E-state index >= 15 is 0 Å². The van der Waals surface area contributed by atoms with E-state index in [2.05, 4.69) is 111 Å². The molecule has 6 aromatic carbocycles. The van der Waals surface area contributed by atoms with Crippen LogP contribution >= 0.6 is 22.7 Å². The molecule has 438 valence electrons. The fraction of sp³-hybridized carbons (Fsp3) is 0.281. The highest BCUT2D eigenvalue weighted by Crippen LogP contribution is 2.44. The molecular formula is C64H66F2N10O6S2Si. The summed E-state index contributed by atoms with van der Waals surface area (Å²) in [6.07, 6.45) is 3.14. The Morgan fingerprint density at radius 1 is 0.600 bits per heavy atom. The summed E-state index contributed by atoms with van der Waals surface area (Å²) in [7, 11) is -2.39. The van der Waals surface area contributed by atoms with Gasteiger partial charge in [-0.3, -0.25) is 29.8 Å². The molecule has 2 unspecified atom stereocenters. The van der Waals surface area contributed by atoms with Gasteiger partial charge in [0.05, 0.1) is 0 Å². The quantitative estimate of drug-likeness (QED) is 0.0650. The maximum absolute atomic E-state index is 15.0. The number of aromatic hydroxyl groups is 1. The van der Waals surface area contributed by atoms with Gasteiger partial charge in [-0.2, -0.15) is 0 Å². The summed E-state index contributed by atoms with van der Waals surface area (Å²) in [6.45, 7) is 18.6. The summed E-state index contributed by atoms with van der Waals surface area (Å²) < 4.78 is 35.8. The van der Waals surface area contributed by atoms with Gasteiger partial charge in [0.1, 0.15) is 35.2 Å². The van der Waals surface area contributed by atoms with Crippen LogP contribution < -0.4 is 35.5 Å². The van der Waals surface area contributed by atoms with E-state index in [4.69, 9.17) is 4.43 Å². The van der Waals surface area contributed by atoms with Crippen molar-refractivity contribution in [3.8, 4) is 33.8 Å². The van der Waals surface area contributed by atoms with E-state index in [-0.39, 0.29) is 41.3 Å². The van der Waals surface area contributed by atoms with E-state index in [1.807, 2.05) is 48.5 Å². The highest BCUT2D eigenvalue weighted by molar-refractivity contribution is 7.14. The van der Waals surface area contributed by atoms with Crippen LogP contribution in [-0.2, 0) is 22.7 Å². The zero-order valence-corrected chi connectivity index (χ0v) is 50.5. The molecule has 16 nitrogen and oxygen atoms in total. The van der Waals surface area contributed by atoms with Crippen molar-refractivity contribution in [2.45, 2.75) is 64.1 Å². The van der Waals surface area contributed by atoms with E-state index in [1.54, 1.807) is 29.2 Å². The summed E-state index contributed by atoms with van der Waals surface area (Å²) in [4.78, 5) is 71.2. The highest BCUT2D eigenvalue weighted by atomic mass is 32.1. The van der Waals surface area contributed by atoms with Crippen LogP contribution in [0.2, 0.25) is 18.1 Å². The van der Waals surface area contributed by atoms with Crippen LogP contribution in [0.4, 0.5) is 30.4 Å². The second kappa shape index (κ2) is 24.7. The molecule has 4 aliphatic rings. The van der Waals surface area contributed by atoms with Crippen LogP contribution in [0.5, 0.6) is 11.5 Å². The number of thiazole rings is 2. The van der Waals surface area contributed by atoms with Crippen molar-refractivity contribution in [2.75, 3.05) is 72.8 Å². The van der Waals surface area contributed by atoms with E-state index in [0.717, 1.165) is 104 Å². The molecule has 0 radical (unpaired) electrons. The lowest BCUT2D eigenvalue weighted by atomic mass is 10.00. The minimum Gasteiger partial charge on any atom is -0.543 e. The van der Waals surface area contributed by atoms with Crippen molar-refractivity contribution in [2.24, 2.45) is 0 Å². The molecule has 21 heteroatoms. The third-order valence-corrected chi connectivity index (χ3v) is 22.1. The van der Waals surface area contributed by atoms with Gasteiger partial charge >= 0.3 is 0 Å². The number of rotatable bonds is 14. The van der Waals surface area contributed by atoms with Crippen molar-refractivity contribution >= 4 is 76.3 Å². The molecular weight excluding hydrogens is 1130 g/mol. The van der Waals surface area contributed by atoms with E-state index in [1.165, 1.54) is 56.4 Å². The molecule has 6 heterocycles. The van der Waals surface area contributed by atoms with Crippen LogP contribution in [0.1, 0.15) is 75.8 Å². The number of benzene rings is 6. The standard InChI is InChI=1S/C35H40FN5O3SSi.C29H26FN5O3S/c1-35(2,3)46(4,5)44-30-13-10-26(36)21-29(30)31(32(42)39-34-38-16-19-45-34)41-22-25-7-6-24(20-28(25)33(41)43)23-8-11-27(12-9-23)40-17-14-37-15-18-40;30-21-5-8-25(36)24(16-21)26(27(37)33-29-32-11-14-39-29)35-17-20-2-1-19(15-23(20)28(35)38)18-3-6-22(7-4-18)34-12-9-31-10-13-34/h6-13,16,19-21,31,37H,14-15,17-18,22H2,1-5H3,(H,38,39,42);1-8,11,14-16,26,31,36H,9-10,12-13,17H2,(H,32,33,37). The third kappa shape index (κ3) is 12.7. The minimum atomic E-state index is -2.39. The monoisotopic (exact) mass is 1200 g/mol. The lowest BCUT2D eigenvalue weighted by molar-refractivity contribution is -0.121. The van der Waals surface area contributed by atoms with E-state index in [0.29, 0.717) is 32.7 Å². The predicted octanol–water partition coefficient (Wildman–Crippen LogP) is 11.5. The van der Waals surface area contributed by atoms with Gasteiger partial charge in [-0.05, 0) is 124 Å². The van der Waals surface area contributed by atoms with E-state index < -0.39 is 43.8 Å². The maximum atomic E-state index is 15.0. The molecule has 12 rings (SSSR count). The molecule has 5 N–H and O–H groups in total. The number of anilines is 4. The van der Waals surface area contributed by atoms with Crippen molar-refractivity contribution in [1.29, 1.82) is 0 Å². The summed E-state index contributed by atoms with van der Waals surface area (Å²) in [6, 6.07) is 33.4. The molecule has 0 saturated carbocycles. The Hall–Kier alpha value is -8.34. The topological polar surface area (TPSA) is 185 Å². The summed E-state index contributed by atoms with van der Waals surface area (Å²) >= 11 is 2.50. The first kappa shape index (κ1) is 58.4. The second-order valence-electron chi connectivity index (χ2n) is 22.9. The fourth-order valence-corrected chi connectivity index (χ4v) is 12.9. The molecule has 4 amide bonds. The molecule has 2 fully saturated rings. The van der Waals surface area contributed by atoms with Gasteiger partial charge in [0, 0.05) is 122 Å². The second-order valence-corrected chi connectivity index (χ2v) is 29.4. The number of aromatic nitrogens is 2. The normalized spacial score (nSPS) is 15.8. The number of hydrogen-bond acceptors (Lipinski definition) is 14. The Morgan fingerprint density at radius 2 is 1.02 bits per heavy atom. The first-order valence-corrected chi connectivity index (χ1v) is 32.9. The number of piperazine rings is 2. The lowest BCUT2D eigenvalue weighted by Crippen LogP contribution is -2.45. The number of nitrogens with zero attached hydrogens (tertiary/aromatic N) is 6. The number of phenolic OH excluding ortho intramolecular Hbond substituents is 1. The number of nitrogens with one attached hydrogen (secondary N) is 4. The number of phenols is 1. The first-order chi connectivity index (χ1) is 40.9. The molecule has 0 aliphatic carbocycles. The number of halogens is 2. The predicted molar refractivity (Wildman–Crippen MR) is 333 cm³/mol. The van der Waals surface area contributed by atoms with Gasteiger partial charge in [0.25, 0.3) is 23.6 Å². The number of amides is 4.